The van der Waals surface area contributed by atoms with E-state index in [2.05, 4.69) is 44.0 Å². The molecule has 0 radical (unpaired) electrons. The molecule has 2 nitrogen and oxygen atoms in total. The van der Waals surface area contributed by atoms with Crippen molar-refractivity contribution in [2.45, 2.75) is 52.7 Å². The van der Waals surface area contributed by atoms with Crippen LogP contribution in [-0.2, 0) is 6.54 Å². The van der Waals surface area contributed by atoms with E-state index in [1.807, 2.05) is 6.07 Å². The summed E-state index contributed by atoms with van der Waals surface area (Å²) in [5.74, 6) is 1.41. The van der Waals surface area contributed by atoms with Crippen LogP contribution < -0.4 is 5.32 Å². The summed E-state index contributed by atoms with van der Waals surface area (Å²) in [5, 5.41) is 3.76. The molecule has 4 heteroatoms. The van der Waals surface area contributed by atoms with Crippen molar-refractivity contribution in [3.8, 4) is 0 Å². The SMILES string of the molecule is CCC(C)C1CN(Cc2ccc(Cl)s2)C(C(C)C)CN1. The molecule has 1 fully saturated rings. The monoisotopic (exact) mass is 314 g/mol. The molecule has 1 aliphatic heterocycles. The highest BCUT2D eigenvalue weighted by atomic mass is 35.5. The number of thiophene rings is 1. The molecule has 2 rings (SSSR count). The Morgan fingerprint density at radius 3 is 2.70 bits per heavy atom. The summed E-state index contributed by atoms with van der Waals surface area (Å²) in [5.41, 5.74) is 0. The third-order valence-corrected chi connectivity index (χ3v) is 5.79. The maximum absolute atomic E-state index is 6.07. The van der Waals surface area contributed by atoms with Gasteiger partial charge in [0.15, 0.2) is 0 Å². The van der Waals surface area contributed by atoms with E-state index in [9.17, 15) is 0 Å². The van der Waals surface area contributed by atoms with Gasteiger partial charge in [0.05, 0.1) is 4.34 Å². The normalized spacial score (nSPS) is 26.1. The molecule has 2 heterocycles. The number of rotatable bonds is 5. The van der Waals surface area contributed by atoms with Crippen molar-refractivity contribution in [3.63, 3.8) is 0 Å². The van der Waals surface area contributed by atoms with Crippen molar-refractivity contribution in [1.82, 2.24) is 10.2 Å². The largest absolute Gasteiger partial charge is 0.311 e. The number of nitrogens with zero attached hydrogens (tertiary/aromatic N) is 1. The van der Waals surface area contributed by atoms with Crippen molar-refractivity contribution in [2.75, 3.05) is 13.1 Å². The van der Waals surface area contributed by atoms with Crippen LogP contribution in [0.5, 0.6) is 0 Å². The molecule has 0 saturated carbocycles. The lowest BCUT2D eigenvalue weighted by Crippen LogP contribution is -2.59. The summed E-state index contributed by atoms with van der Waals surface area (Å²) in [7, 11) is 0. The first-order valence-corrected chi connectivity index (χ1v) is 8.92. The van der Waals surface area contributed by atoms with E-state index in [1.165, 1.54) is 11.3 Å². The maximum atomic E-state index is 6.07. The Bertz CT molecular complexity index is 418. The highest BCUT2D eigenvalue weighted by molar-refractivity contribution is 7.16. The van der Waals surface area contributed by atoms with Crippen molar-refractivity contribution in [1.29, 1.82) is 0 Å². The van der Waals surface area contributed by atoms with Crippen LogP contribution in [0, 0.1) is 11.8 Å². The quantitative estimate of drug-likeness (QED) is 0.874. The van der Waals surface area contributed by atoms with E-state index in [0.29, 0.717) is 18.0 Å². The Balaban J connectivity index is 2.06. The molecule has 20 heavy (non-hydrogen) atoms. The zero-order chi connectivity index (χ0) is 14.7. The van der Waals surface area contributed by atoms with E-state index >= 15 is 0 Å². The molecule has 114 valence electrons. The molecule has 3 atom stereocenters. The molecule has 1 aromatic rings. The topological polar surface area (TPSA) is 15.3 Å². The van der Waals surface area contributed by atoms with Gasteiger partial charge in [-0.1, -0.05) is 45.7 Å². The highest BCUT2D eigenvalue weighted by Gasteiger charge is 2.31. The molecular weight excluding hydrogens is 288 g/mol. The van der Waals surface area contributed by atoms with E-state index in [-0.39, 0.29) is 0 Å². The van der Waals surface area contributed by atoms with Gasteiger partial charge in [0.1, 0.15) is 0 Å². The second-order valence-electron chi connectivity index (χ2n) is 6.35. The summed E-state index contributed by atoms with van der Waals surface area (Å²) in [6.45, 7) is 12.6. The number of piperazine rings is 1. The first kappa shape index (κ1) is 16.3. The molecular formula is C16H27ClN2S. The van der Waals surface area contributed by atoms with Gasteiger partial charge in [0.25, 0.3) is 0 Å². The Kier molecular flexibility index (Phi) is 5.91. The van der Waals surface area contributed by atoms with Crippen molar-refractivity contribution in [3.05, 3.63) is 21.3 Å². The van der Waals surface area contributed by atoms with E-state index in [0.717, 1.165) is 29.9 Å². The lowest BCUT2D eigenvalue weighted by atomic mass is 9.92. The third-order valence-electron chi connectivity index (χ3n) is 4.58. The zero-order valence-corrected chi connectivity index (χ0v) is 14.6. The zero-order valence-electron chi connectivity index (χ0n) is 13.0. The third kappa shape index (κ3) is 3.97. The summed E-state index contributed by atoms with van der Waals surface area (Å²) >= 11 is 7.78. The Morgan fingerprint density at radius 1 is 1.40 bits per heavy atom. The fourth-order valence-electron chi connectivity index (χ4n) is 3.00. The van der Waals surface area contributed by atoms with E-state index < -0.39 is 0 Å². The van der Waals surface area contributed by atoms with Gasteiger partial charge in [-0.3, -0.25) is 4.90 Å². The number of halogens is 1. The van der Waals surface area contributed by atoms with Gasteiger partial charge < -0.3 is 5.32 Å². The molecule has 1 aromatic heterocycles. The smallest absolute Gasteiger partial charge is 0.0931 e. The fourth-order valence-corrected chi connectivity index (χ4v) is 4.11. The van der Waals surface area contributed by atoms with E-state index in [1.54, 1.807) is 11.3 Å². The van der Waals surface area contributed by atoms with Crippen LogP contribution in [-0.4, -0.2) is 30.1 Å². The maximum Gasteiger partial charge on any atom is 0.0931 e. The van der Waals surface area contributed by atoms with Crippen LogP contribution in [0.2, 0.25) is 4.34 Å². The van der Waals surface area contributed by atoms with Crippen LogP contribution >= 0.6 is 22.9 Å². The number of hydrogen-bond acceptors (Lipinski definition) is 3. The molecule has 0 amide bonds. The van der Waals surface area contributed by atoms with Crippen LogP contribution in [0.4, 0.5) is 0 Å². The molecule has 1 N–H and O–H groups in total. The standard InChI is InChI=1S/C16H27ClN2S/c1-5-12(4)14-10-19(15(8-18-14)11(2)3)9-13-6-7-16(17)20-13/h6-7,11-12,14-15,18H,5,8-10H2,1-4H3. The molecule has 0 bridgehead atoms. The lowest BCUT2D eigenvalue weighted by Gasteiger charge is -2.44. The highest BCUT2D eigenvalue weighted by Crippen LogP contribution is 2.26. The minimum Gasteiger partial charge on any atom is -0.311 e. The molecule has 3 unspecified atom stereocenters. The summed E-state index contributed by atoms with van der Waals surface area (Å²) in [6.07, 6.45) is 1.24. The Labute approximate surface area is 132 Å². The lowest BCUT2D eigenvalue weighted by molar-refractivity contribution is 0.0762. The minimum atomic E-state index is 0.616. The molecule has 1 aliphatic rings. The second kappa shape index (κ2) is 7.26. The average molecular weight is 315 g/mol. The van der Waals surface area contributed by atoms with Crippen molar-refractivity contribution < 1.29 is 0 Å². The van der Waals surface area contributed by atoms with E-state index in [4.69, 9.17) is 11.6 Å². The fraction of sp³-hybridized carbons (Fsp3) is 0.750. The van der Waals surface area contributed by atoms with Gasteiger partial charge in [0, 0.05) is 36.6 Å². The minimum absolute atomic E-state index is 0.616. The molecule has 0 aliphatic carbocycles. The Hall–Kier alpha value is -0.0900. The molecule has 0 spiro atoms. The predicted molar refractivity (Wildman–Crippen MR) is 89.6 cm³/mol. The van der Waals surface area contributed by atoms with Crippen molar-refractivity contribution in [2.24, 2.45) is 11.8 Å². The van der Waals surface area contributed by atoms with Gasteiger partial charge in [-0.25, -0.2) is 0 Å². The first-order valence-electron chi connectivity index (χ1n) is 7.72. The van der Waals surface area contributed by atoms with Gasteiger partial charge >= 0.3 is 0 Å². The summed E-state index contributed by atoms with van der Waals surface area (Å²) < 4.78 is 0.898. The van der Waals surface area contributed by atoms with Gasteiger partial charge in [-0.2, -0.15) is 0 Å². The molecule has 0 aromatic carbocycles. The predicted octanol–water partition coefficient (Wildman–Crippen LogP) is 4.25. The van der Waals surface area contributed by atoms with Gasteiger partial charge in [-0.15, -0.1) is 11.3 Å². The van der Waals surface area contributed by atoms with Crippen molar-refractivity contribution >= 4 is 22.9 Å². The average Bonchev–Trinajstić information content (AvgIpc) is 2.82. The summed E-state index contributed by atoms with van der Waals surface area (Å²) in [6, 6.07) is 5.42. The second-order valence-corrected chi connectivity index (χ2v) is 8.15. The van der Waals surface area contributed by atoms with Gasteiger partial charge in [0.2, 0.25) is 0 Å². The van der Waals surface area contributed by atoms with Crippen LogP contribution in [0.3, 0.4) is 0 Å². The number of nitrogens with one attached hydrogen (secondary N) is 1. The van der Waals surface area contributed by atoms with Gasteiger partial charge in [-0.05, 0) is 24.0 Å². The first-order chi connectivity index (χ1) is 9.51. The van der Waals surface area contributed by atoms with Crippen LogP contribution in [0.15, 0.2) is 12.1 Å². The Morgan fingerprint density at radius 2 is 2.15 bits per heavy atom. The van der Waals surface area contributed by atoms with Crippen LogP contribution in [0.1, 0.15) is 39.0 Å². The molecule has 1 saturated heterocycles. The number of hydrogen-bond donors (Lipinski definition) is 1. The summed E-state index contributed by atoms with van der Waals surface area (Å²) in [4.78, 5) is 4.03. The van der Waals surface area contributed by atoms with Crippen LogP contribution in [0.25, 0.3) is 0 Å².